The van der Waals surface area contributed by atoms with Crippen molar-refractivity contribution in [3.05, 3.63) is 58.1 Å². The summed E-state index contributed by atoms with van der Waals surface area (Å²) < 4.78 is 6.19. The van der Waals surface area contributed by atoms with Crippen molar-refractivity contribution < 1.29 is 9.84 Å². The van der Waals surface area contributed by atoms with Gasteiger partial charge in [-0.2, -0.15) is 0 Å². The van der Waals surface area contributed by atoms with Crippen LogP contribution in [-0.4, -0.2) is 12.2 Å². The minimum absolute atomic E-state index is 0.0259. The number of phenols is 1. The van der Waals surface area contributed by atoms with Crippen molar-refractivity contribution >= 4 is 15.9 Å². The van der Waals surface area contributed by atoms with Crippen LogP contribution in [0.3, 0.4) is 0 Å². The van der Waals surface area contributed by atoms with Crippen LogP contribution < -0.4 is 10.1 Å². The third kappa shape index (κ3) is 3.77. The van der Waals surface area contributed by atoms with Gasteiger partial charge in [0.2, 0.25) is 0 Å². The van der Waals surface area contributed by atoms with Crippen molar-refractivity contribution in [2.45, 2.75) is 25.9 Å². The fourth-order valence-corrected chi connectivity index (χ4v) is 3.03. The molecule has 4 heteroatoms. The Labute approximate surface area is 134 Å². The maximum Gasteiger partial charge on any atom is 0.124 e. The Morgan fingerprint density at radius 1 is 1.05 bits per heavy atom. The van der Waals surface area contributed by atoms with Crippen LogP contribution in [0.5, 0.6) is 11.5 Å². The Morgan fingerprint density at radius 2 is 1.71 bits per heavy atom. The molecule has 2 atom stereocenters. The van der Waals surface area contributed by atoms with Crippen LogP contribution in [0.4, 0.5) is 0 Å². The van der Waals surface area contributed by atoms with Crippen molar-refractivity contribution in [3.63, 3.8) is 0 Å². The van der Waals surface area contributed by atoms with Crippen LogP contribution in [0.25, 0.3) is 0 Å². The number of nitrogens with one attached hydrogen (secondary N) is 1. The summed E-state index contributed by atoms with van der Waals surface area (Å²) in [4.78, 5) is 0. The summed E-state index contributed by atoms with van der Waals surface area (Å²) in [6, 6.07) is 13.7. The molecule has 2 N–H and O–H groups in total. The Balaban J connectivity index is 2.14. The topological polar surface area (TPSA) is 41.5 Å². The van der Waals surface area contributed by atoms with Gasteiger partial charge in [0.25, 0.3) is 0 Å². The third-order valence-electron chi connectivity index (χ3n) is 3.58. The van der Waals surface area contributed by atoms with Crippen LogP contribution in [0.2, 0.25) is 0 Å². The number of phenolic OH excluding ortho intramolecular Hbond substituents is 1. The molecule has 1 unspecified atom stereocenters. The average molecular weight is 350 g/mol. The summed E-state index contributed by atoms with van der Waals surface area (Å²) in [6.07, 6.45) is 0. The highest BCUT2D eigenvalue weighted by Crippen LogP contribution is 2.31. The van der Waals surface area contributed by atoms with Crippen molar-refractivity contribution in [1.82, 2.24) is 5.32 Å². The van der Waals surface area contributed by atoms with E-state index in [1.807, 2.05) is 37.3 Å². The summed E-state index contributed by atoms with van der Waals surface area (Å²) in [5, 5.41) is 13.6. The van der Waals surface area contributed by atoms with Crippen LogP contribution in [0.15, 0.2) is 46.9 Å². The van der Waals surface area contributed by atoms with E-state index < -0.39 is 0 Å². The maximum absolute atomic E-state index is 10.1. The van der Waals surface area contributed by atoms with Gasteiger partial charge in [0.05, 0.1) is 7.11 Å². The van der Waals surface area contributed by atoms with Crippen molar-refractivity contribution in [2.24, 2.45) is 0 Å². The molecule has 3 nitrogen and oxygen atoms in total. The van der Waals surface area contributed by atoms with Gasteiger partial charge in [-0.25, -0.2) is 0 Å². The Kier molecular flexibility index (Phi) is 5.26. The van der Waals surface area contributed by atoms with Crippen LogP contribution >= 0.6 is 15.9 Å². The van der Waals surface area contributed by atoms with E-state index in [0.717, 1.165) is 10.0 Å². The highest BCUT2D eigenvalue weighted by Gasteiger charge is 2.16. The minimum atomic E-state index is 0.0259. The molecule has 0 fully saturated rings. The summed E-state index contributed by atoms with van der Waals surface area (Å²) in [5.74, 6) is 0.899. The van der Waals surface area contributed by atoms with Gasteiger partial charge in [-0.15, -0.1) is 0 Å². The second kappa shape index (κ2) is 6.96. The Bertz CT molecular complexity index is 615. The molecule has 0 saturated heterocycles. The van der Waals surface area contributed by atoms with Crippen molar-refractivity contribution in [2.75, 3.05) is 7.11 Å². The normalized spacial score (nSPS) is 13.7. The van der Waals surface area contributed by atoms with E-state index >= 15 is 0 Å². The van der Waals surface area contributed by atoms with Gasteiger partial charge in [-0.3, -0.25) is 0 Å². The highest BCUT2D eigenvalue weighted by atomic mass is 79.9. The fraction of sp³-hybridized carbons (Fsp3) is 0.294. The van der Waals surface area contributed by atoms with Crippen molar-refractivity contribution in [3.8, 4) is 11.5 Å². The second-order valence-corrected chi connectivity index (χ2v) is 5.91. The molecule has 112 valence electrons. The van der Waals surface area contributed by atoms with E-state index in [-0.39, 0.29) is 17.8 Å². The first-order chi connectivity index (χ1) is 10.0. The molecule has 2 aromatic rings. The van der Waals surface area contributed by atoms with E-state index in [1.165, 1.54) is 5.56 Å². The molecule has 0 saturated carbocycles. The average Bonchev–Trinajstić information content (AvgIpc) is 2.47. The van der Waals surface area contributed by atoms with Crippen LogP contribution in [0.1, 0.15) is 37.1 Å². The molecule has 0 heterocycles. The monoisotopic (exact) mass is 349 g/mol. The first-order valence-corrected chi connectivity index (χ1v) is 7.69. The van der Waals surface area contributed by atoms with Crippen LogP contribution in [-0.2, 0) is 0 Å². The standard InChI is InChI=1S/C17H20BrNO2/c1-11(14-6-4-5-7-16(14)18)19-12(2)15-9-8-13(21-3)10-17(15)20/h4-12,19-20H,1-3H3/t11-,12?/m0/s1. The van der Waals surface area contributed by atoms with Crippen molar-refractivity contribution in [1.29, 1.82) is 0 Å². The van der Waals surface area contributed by atoms with E-state index in [1.54, 1.807) is 13.2 Å². The van der Waals surface area contributed by atoms with Gasteiger partial charge in [0.1, 0.15) is 11.5 Å². The van der Waals surface area contributed by atoms with Gasteiger partial charge < -0.3 is 15.2 Å². The molecule has 0 bridgehead atoms. The third-order valence-corrected chi connectivity index (χ3v) is 4.30. The number of hydrogen-bond acceptors (Lipinski definition) is 3. The summed E-state index contributed by atoms with van der Waals surface area (Å²) in [6.45, 7) is 4.14. The first kappa shape index (κ1) is 15.9. The lowest BCUT2D eigenvalue weighted by atomic mass is 10.0. The van der Waals surface area contributed by atoms with E-state index in [4.69, 9.17) is 4.74 Å². The minimum Gasteiger partial charge on any atom is -0.507 e. The lowest BCUT2D eigenvalue weighted by Crippen LogP contribution is -2.22. The van der Waals surface area contributed by atoms with Gasteiger partial charge >= 0.3 is 0 Å². The molecule has 21 heavy (non-hydrogen) atoms. The summed E-state index contributed by atoms with van der Waals surface area (Å²) in [5.41, 5.74) is 2.05. The SMILES string of the molecule is COc1ccc(C(C)N[C@@H](C)c2ccccc2Br)c(O)c1. The molecule has 0 spiro atoms. The molecular formula is C17H20BrNO2. The molecule has 0 aliphatic carbocycles. The zero-order valence-electron chi connectivity index (χ0n) is 12.4. The molecule has 0 aromatic heterocycles. The number of aromatic hydroxyl groups is 1. The number of hydrogen-bond donors (Lipinski definition) is 2. The van der Waals surface area contributed by atoms with Gasteiger partial charge in [-0.1, -0.05) is 40.2 Å². The molecule has 0 aliphatic heterocycles. The van der Waals surface area contributed by atoms with Gasteiger partial charge in [0.15, 0.2) is 0 Å². The molecule has 2 rings (SSSR count). The zero-order chi connectivity index (χ0) is 15.4. The molecule has 0 aliphatic rings. The fourth-order valence-electron chi connectivity index (χ4n) is 2.40. The van der Waals surface area contributed by atoms with Gasteiger partial charge in [-0.05, 0) is 31.5 Å². The smallest absolute Gasteiger partial charge is 0.124 e. The molecule has 2 aromatic carbocycles. The second-order valence-electron chi connectivity index (χ2n) is 5.06. The maximum atomic E-state index is 10.1. The molecule has 0 amide bonds. The summed E-state index contributed by atoms with van der Waals surface area (Å²) in [7, 11) is 1.59. The predicted octanol–water partition coefficient (Wildman–Crippen LogP) is 4.58. The van der Waals surface area contributed by atoms with E-state index in [0.29, 0.717) is 5.75 Å². The Hall–Kier alpha value is -1.52. The predicted molar refractivity (Wildman–Crippen MR) is 88.8 cm³/mol. The first-order valence-electron chi connectivity index (χ1n) is 6.90. The highest BCUT2D eigenvalue weighted by molar-refractivity contribution is 9.10. The molecular weight excluding hydrogens is 330 g/mol. The Morgan fingerprint density at radius 3 is 2.33 bits per heavy atom. The lowest BCUT2D eigenvalue weighted by Gasteiger charge is -2.22. The number of benzene rings is 2. The van der Waals surface area contributed by atoms with E-state index in [2.05, 4.69) is 34.2 Å². The number of halogens is 1. The van der Waals surface area contributed by atoms with E-state index in [9.17, 15) is 5.11 Å². The lowest BCUT2D eigenvalue weighted by molar-refractivity contribution is 0.402. The number of ether oxygens (including phenoxy) is 1. The quantitative estimate of drug-likeness (QED) is 0.830. The van der Waals surface area contributed by atoms with Crippen LogP contribution in [0, 0.1) is 0 Å². The number of rotatable bonds is 5. The largest absolute Gasteiger partial charge is 0.507 e. The zero-order valence-corrected chi connectivity index (χ0v) is 14.0. The van der Waals surface area contributed by atoms with Gasteiger partial charge in [0, 0.05) is 28.2 Å². The summed E-state index contributed by atoms with van der Waals surface area (Å²) >= 11 is 3.57. The molecule has 0 radical (unpaired) electrons. The number of methoxy groups -OCH3 is 1.